The topological polar surface area (TPSA) is 344 Å². The second kappa shape index (κ2) is 34.7. The van der Waals surface area contributed by atoms with E-state index in [9.17, 15) is 29.2 Å². The fourth-order valence-corrected chi connectivity index (χ4v) is 10.1. The molecular weight excluding hydrogens is 1450 g/mol. The van der Waals surface area contributed by atoms with Crippen LogP contribution < -0.4 is 46.1 Å². The van der Waals surface area contributed by atoms with E-state index >= 15 is 0 Å². The summed E-state index contributed by atoms with van der Waals surface area (Å²) in [5, 5.41) is 58.3. The number of hydrogen-bond donors (Lipinski definition) is 6. The number of ether oxygens (including phenoxy) is 5. The first-order valence-corrected chi connectivity index (χ1v) is 31.3. The SMILES string of the molecule is CC(=O)Cl.CC(=O)Nc1cc(Br)cn2c(C)nnc12.COc1cc(-c2cc(NC(C)=O)c3nnc(C)n3c2)cc(OC)c1CN(C)C.COc1cc(B(O)O)cc(OC)c1CN(C)C.Cc1nnc2c(N)cc(Br)cn12.Cc1nnc2c(NC(=O)OC(C)(C)C)cc(Br)cn12. The van der Waals surface area contributed by atoms with Crippen LogP contribution in [0, 0.1) is 27.7 Å². The number of halogens is 4. The second-order valence-electron chi connectivity index (χ2n) is 22.2. The van der Waals surface area contributed by atoms with Crippen LogP contribution in [0.5, 0.6) is 23.0 Å². The molecule has 0 saturated carbocycles. The fraction of sp³-hybridized carbons (Fsp3) is 0.344. The zero-order valence-corrected chi connectivity index (χ0v) is 61.4. The molecule has 95 heavy (non-hydrogen) atoms. The normalized spacial score (nSPS) is 10.8. The highest BCUT2D eigenvalue weighted by atomic mass is 79.9. The van der Waals surface area contributed by atoms with Crippen molar-refractivity contribution in [1.82, 2.24) is 68.2 Å². The monoisotopic (exact) mass is 1520 g/mol. The molecule has 0 unspecified atom stereocenters. The minimum Gasteiger partial charge on any atom is -0.496 e. The smallest absolute Gasteiger partial charge is 0.488 e. The van der Waals surface area contributed by atoms with Crippen molar-refractivity contribution in [3.05, 3.63) is 121 Å². The van der Waals surface area contributed by atoms with Gasteiger partial charge in [-0.05, 0) is 196 Å². The molecule has 0 atom stereocenters. The van der Waals surface area contributed by atoms with Crippen LogP contribution in [0.4, 0.5) is 27.5 Å². The van der Waals surface area contributed by atoms with E-state index in [1.54, 1.807) is 57.1 Å². The van der Waals surface area contributed by atoms with Gasteiger partial charge in [-0.15, -0.1) is 40.8 Å². The van der Waals surface area contributed by atoms with Crippen molar-refractivity contribution in [3.8, 4) is 34.1 Å². The Labute approximate surface area is 579 Å². The number of rotatable bonds is 13. The van der Waals surface area contributed by atoms with Crippen molar-refractivity contribution >= 4 is 140 Å². The number of methoxy groups -OCH3 is 4. The minimum absolute atomic E-state index is 0.129. The van der Waals surface area contributed by atoms with Crippen molar-refractivity contribution < 1.29 is 52.9 Å². The summed E-state index contributed by atoms with van der Waals surface area (Å²) in [7, 11) is 12.7. The van der Waals surface area contributed by atoms with Gasteiger partial charge in [0.2, 0.25) is 17.1 Å². The Morgan fingerprint density at radius 3 is 1.20 bits per heavy atom. The average molecular weight is 1520 g/mol. The van der Waals surface area contributed by atoms with E-state index in [-0.39, 0.29) is 17.1 Å². The van der Waals surface area contributed by atoms with Crippen LogP contribution in [-0.4, -0.2) is 171 Å². The van der Waals surface area contributed by atoms with Crippen molar-refractivity contribution in [2.45, 2.75) is 87.9 Å². The number of nitrogens with one attached hydrogen (secondary N) is 3. The summed E-state index contributed by atoms with van der Waals surface area (Å²) in [4.78, 5) is 47.7. The molecule has 10 aromatic rings. The Balaban J connectivity index is 0.000000218. The molecule has 0 bridgehead atoms. The molecule has 8 aromatic heterocycles. The van der Waals surface area contributed by atoms with E-state index in [1.165, 1.54) is 20.8 Å². The van der Waals surface area contributed by atoms with E-state index in [0.29, 0.717) is 75.4 Å². The maximum atomic E-state index is 11.8. The zero-order valence-electron chi connectivity index (χ0n) is 55.8. The van der Waals surface area contributed by atoms with Gasteiger partial charge in [0.15, 0.2) is 22.6 Å². The molecule has 0 aliphatic heterocycles. The molecule has 7 N–H and O–H groups in total. The standard InChI is InChI=1S/C20H25N5O3.C12H15BrN4O2.C11H18BNO4.C9H9BrN4O.C7H7BrN4.C2H3ClO/c1-12-22-23-20-17(21-13(2)26)7-15(10-25(12)20)14-8-18(27-5)16(11-24(3)4)19(9-14)28-6;1-7-15-16-10-9(5-8(13)6-17(7)10)14-11(18)19-12(2,3)4;1-13(2)7-9-10(16-3)5-8(12(14)15)6-11(9)17-4;1-5-12-13-9-8(11-6(2)15)3-7(10)4-14(5)9;1-4-10-11-7-6(9)2-5(8)3-12(4)7;1-2(3)4/h7-10H,11H2,1-6H3,(H,21,26);5-6H,1-4H3,(H,14,18);5-6,14-15H,7H2,1-4H3;3-4H,1-2H3,(H,11,15);2-3H,9H2,1H3;1H3. The van der Waals surface area contributed by atoms with Gasteiger partial charge in [0.1, 0.15) is 51.9 Å². The van der Waals surface area contributed by atoms with Crippen molar-refractivity contribution in [3.63, 3.8) is 0 Å². The molecule has 3 amide bonds. The van der Waals surface area contributed by atoms with Gasteiger partial charge in [0, 0.05) is 77.6 Å². The number of carbonyl (C=O) groups excluding carboxylic acids is 4. The van der Waals surface area contributed by atoms with Crippen LogP contribution in [0.1, 0.15) is 76.0 Å². The van der Waals surface area contributed by atoms with Crippen molar-refractivity contribution in [2.24, 2.45) is 0 Å². The van der Waals surface area contributed by atoms with E-state index < -0.39 is 18.8 Å². The minimum atomic E-state index is -1.54. The molecule has 0 radical (unpaired) electrons. The number of carbonyl (C=O) groups is 4. The molecule has 0 aliphatic rings. The van der Waals surface area contributed by atoms with E-state index in [1.807, 2.05) is 144 Å². The number of nitrogens with zero attached hydrogens (tertiary/aromatic N) is 14. The summed E-state index contributed by atoms with van der Waals surface area (Å²) < 4.78 is 36.9. The molecule has 29 nitrogen and oxygen atoms in total. The lowest BCUT2D eigenvalue weighted by molar-refractivity contribution is -0.115. The first kappa shape index (κ1) is 77.1. The Kier molecular flexibility index (Phi) is 28.2. The number of aryl methyl sites for hydroxylation is 4. The Morgan fingerprint density at radius 1 is 0.526 bits per heavy atom. The summed E-state index contributed by atoms with van der Waals surface area (Å²) in [6.45, 7) is 18.4. The molecule has 0 fully saturated rings. The van der Waals surface area contributed by atoms with E-state index in [2.05, 4.69) is 121 Å². The highest BCUT2D eigenvalue weighted by Crippen LogP contribution is 2.37. The molecular formula is C61H77BBr3ClN18O11. The maximum Gasteiger partial charge on any atom is 0.488 e. The van der Waals surface area contributed by atoms with Gasteiger partial charge >= 0.3 is 13.2 Å². The predicted molar refractivity (Wildman–Crippen MR) is 376 cm³/mol. The van der Waals surface area contributed by atoms with Gasteiger partial charge < -0.3 is 59.9 Å². The third-order valence-electron chi connectivity index (χ3n) is 12.7. The van der Waals surface area contributed by atoms with E-state index in [0.717, 1.165) is 70.5 Å². The van der Waals surface area contributed by atoms with Gasteiger partial charge in [-0.2, -0.15) is 0 Å². The summed E-state index contributed by atoms with van der Waals surface area (Å²) >= 11 is 14.7. The number of pyridine rings is 4. The lowest BCUT2D eigenvalue weighted by atomic mass is 9.79. The molecule has 8 heterocycles. The van der Waals surface area contributed by atoms with E-state index in [4.69, 9.17) is 29.4 Å². The fourth-order valence-electron chi connectivity index (χ4n) is 8.81. The van der Waals surface area contributed by atoms with Crippen molar-refractivity contribution in [1.29, 1.82) is 0 Å². The number of anilines is 4. The molecule has 0 aliphatic carbocycles. The Hall–Kier alpha value is -8.57. The summed E-state index contributed by atoms with van der Waals surface area (Å²) in [6, 6.07) is 14.4. The van der Waals surface area contributed by atoms with Gasteiger partial charge in [-0.1, -0.05) is 0 Å². The molecule has 34 heteroatoms. The number of aromatic nitrogens is 12. The number of nitrogens with two attached hydrogens (primary N) is 1. The van der Waals surface area contributed by atoms with Crippen LogP contribution in [0.3, 0.4) is 0 Å². The highest BCUT2D eigenvalue weighted by Gasteiger charge is 2.22. The van der Waals surface area contributed by atoms with Gasteiger partial charge in [0.05, 0.1) is 62.3 Å². The van der Waals surface area contributed by atoms with Crippen LogP contribution in [0.2, 0.25) is 0 Å². The molecule has 0 spiro atoms. The van der Waals surface area contributed by atoms with Gasteiger partial charge in [-0.3, -0.25) is 37.3 Å². The molecule has 508 valence electrons. The number of fused-ring (bicyclic) bond motifs is 4. The average Bonchev–Trinajstić information content (AvgIpc) is 1.79. The summed E-state index contributed by atoms with van der Waals surface area (Å²) in [6.07, 6.45) is 7.01. The second-order valence-corrected chi connectivity index (χ2v) is 25.5. The molecule has 0 saturated heterocycles. The first-order chi connectivity index (χ1) is 44.6. The predicted octanol–water partition coefficient (Wildman–Crippen LogP) is 9.25. The number of benzene rings is 2. The first-order valence-electron chi connectivity index (χ1n) is 28.6. The molecule has 10 rings (SSSR count). The summed E-state index contributed by atoms with van der Waals surface area (Å²) in [5.41, 5.74) is 14.1. The number of nitrogen functional groups attached to an aromatic ring is 1. The largest absolute Gasteiger partial charge is 0.496 e. The quantitative estimate of drug-likeness (QED) is 0.0462. The number of amides is 3. The third-order valence-corrected chi connectivity index (χ3v) is 14.0. The number of hydrogen-bond acceptors (Lipinski definition) is 22. The van der Waals surface area contributed by atoms with Crippen LogP contribution in [0.15, 0.2) is 86.7 Å². The third kappa shape index (κ3) is 22.0. The van der Waals surface area contributed by atoms with Crippen LogP contribution in [-0.2, 0) is 32.2 Å². The zero-order chi connectivity index (χ0) is 70.9. The maximum absolute atomic E-state index is 11.8. The van der Waals surface area contributed by atoms with Gasteiger partial charge in [0.25, 0.3) is 0 Å². The summed E-state index contributed by atoms with van der Waals surface area (Å²) in [5.74, 6) is 5.43. The Bertz CT molecular complexity index is 4290. The van der Waals surface area contributed by atoms with Gasteiger partial charge in [-0.25, -0.2) is 4.79 Å². The van der Waals surface area contributed by atoms with Crippen molar-refractivity contribution in [2.75, 3.05) is 78.3 Å². The Morgan fingerprint density at radius 2 is 0.853 bits per heavy atom. The van der Waals surface area contributed by atoms with Crippen LogP contribution >= 0.6 is 59.4 Å². The molecule has 2 aromatic carbocycles. The lowest BCUT2D eigenvalue weighted by Gasteiger charge is -2.19. The van der Waals surface area contributed by atoms with Crippen LogP contribution in [0.25, 0.3) is 33.7 Å². The lowest BCUT2D eigenvalue weighted by Crippen LogP contribution is -2.30. The highest BCUT2D eigenvalue weighted by molar-refractivity contribution is 9.11.